The number of aromatic nitrogens is 3. The van der Waals surface area contributed by atoms with Crippen LogP contribution in [-0.2, 0) is 13.0 Å². The molecule has 0 aliphatic carbocycles. The lowest BCUT2D eigenvalue weighted by Gasteiger charge is -2.26. The van der Waals surface area contributed by atoms with E-state index < -0.39 is 0 Å². The second kappa shape index (κ2) is 5.60. The Labute approximate surface area is 128 Å². The Balaban J connectivity index is 1.72. The highest BCUT2D eigenvalue weighted by molar-refractivity contribution is 7.13. The molecule has 0 fully saturated rings. The SMILES string of the molecule is Cc1ccc(C(=O)N(C)C2CCc3nnc(C)n3CC2)s1. The molecule has 2 aromatic heterocycles. The fraction of sp³-hybridized carbons (Fsp3) is 0.533. The Hall–Kier alpha value is -1.69. The number of aryl methyl sites for hydroxylation is 3. The Bertz CT molecular complexity index is 660. The van der Waals surface area contributed by atoms with Gasteiger partial charge in [0.1, 0.15) is 11.6 Å². The molecule has 1 unspecified atom stereocenters. The zero-order valence-corrected chi connectivity index (χ0v) is 13.5. The first-order valence-corrected chi connectivity index (χ1v) is 8.10. The summed E-state index contributed by atoms with van der Waals surface area (Å²) in [7, 11) is 1.92. The van der Waals surface area contributed by atoms with Crippen molar-refractivity contribution in [2.24, 2.45) is 0 Å². The highest BCUT2D eigenvalue weighted by atomic mass is 32.1. The Morgan fingerprint density at radius 1 is 1.33 bits per heavy atom. The maximum Gasteiger partial charge on any atom is 0.263 e. The van der Waals surface area contributed by atoms with Gasteiger partial charge in [-0.1, -0.05) is 0 Å². The van der Waals surface area contributed by atoms with Crippen molar-refractivity contribution in [2.45, 2.75) is 45.7 Å². The van der Waals surface area contributed by atoms with Crippen LogP contribution in [0, 0.1) is 13.8 Å². The summed E-state index contributed by atoms with van der Waals surface area (Å²) in [4.78, 5) is 16.5. The lowest BCUT2D eigenvalue weighted by Crippen LogP contribution is -2.37. The predicted octanol–water partition coefficient (Wildman–Crippen LogP) is 2.43. The van der Waals surface area contributed by atoms with E-state index in [0.29, 0.717) is 0 Å². The molecule has 2 aromatic rings. The van der Waals surface area contributed by atoms with Crippen LogP contribution in [0.2, 0.25) is 0 Å². The third-order valence-corrected chi connectivity index (χ3v) is 5.21. The van der Waals surface area contributed by atoms with E-state index in [4.69, 9.17) is 0 Å². The number of hydrogen-bond donors (Lipinski definition) is 0. The van der Waals surface area contributed by atoms with Gasteiger partial charge < -0.3 is 9.47 Å². The number of amides is 1. The summed E-state index contributed by atoms with van der Waals surface area (Å²) in [6.07, 6.45) is 2.79. The monoisotopic (exact) mass is 304 g/mol. The molecule has 0 saturated carbocycles. The summed E-state index contributed by atoms with van der Waals surface area (Å²) in [5.74, 6) is 2.14. The molecular formula is C15H20N4OS. The first kappa shape index (κ1) is 14.3. The van der Waals surface area contributed by atoms with Gasteiger partial charge in [0.2, 0.25) is 0 Å². The van der Waals surface area contributed by atoms with Crippen molar-refractivity contribution in [3.63, 3.8) is 0 Å². The molecule has 1 aliphatic rings. The zero-order chi connectivity index (χ0) is 15.0. The van der Waals surface area contributed by atoms with Gasteiger partial charge in [0.25, 0.3) is 5.91 Å². The van der Waals surface area contributed by atoms with Crippen molar-refractivity contribution in [1.29, 1.82) is 0 Å². The molecule has 0 radical (unpaired) electrons. The van der Waals surface area contributed by atoms with Crippen molar-refractivity contribution >= 4 is 17.2 Å². The molecule has 21 heavy (non-hydrogen) atoms. The minimum Gasteiger partial charge on any atom is -0.338 e. The molecule has 0 bridgehead atoms. The molecule has 0 N–H and O–H groups in total. The van der Waals surface area contributed by atoms with Crippen LogP contribution in [0.3, 0.4) is 0 Å². The molecule has 1 amide bonds. The summed E-state index contributed by atoms with van der Waals surface area (Å²) in [5, 5.41) is 8.36. The summed E-state index contributed by atoms with van der Waals surface area (Å²) in [6, 6.07) is 4.19. The smallest absolute Gasteiger partial charge is 0.263 e. The molecular weight excluding hydrogens is 284 g/mol. The minimum atomic E-state index is 0.132. The number of carbonyl (C=O) groups excluding carboxylic acids is 1. The Kier molecular flexibility index (Phi) is 3.80. The summed E-state index contributed by atoms with van der Waals surface area (Å²) in [6.45, 7) is 4.90. The second-order valence-electron chi connectivity index (χ2n) is 5.62. The maximum atomic E-state index is 12.5. The van der Waals surface area contributed by atoms with Crippen LogP contribution in [-0.4, -0.2) is 38.7 Å². The summed E-state index contributed by atoms with van der Waals surface area (Å²) >= 11 is 1.57. The molecule has 1 aliphatic heterocycles. The van der Waals surface area contributed by atoms with E-state index in [1.165, 1.54) is 4.88 Å². The first-order valence-electron chi connectivity index (χ1n) is 7.28. The Morgan fingerprint density at radius 3 is 2.86 bits per heavy atom. The van der Waals surface area contributed by atoms with E-state index in [9.17, 15) is 4.79 Å². The van der Waals surface area contributed by atoms with Crippen LogP contribution < -0.4 is 0 Å². The Morgan fingerprint density at radius 2 is 2.14 bits per heavy atom. The lowest BCUT2D eigenvalue weighted by molar-refractivity contribution is 0.0721. The average Bonchev–Trinajstić information content (AvgIpc) is 2.97. The van der Waals surface area contributed by atoms with Crippen LogP contribution >= 0.6 is 11.3 Å². The van der Waals surface area contributed by atoms with Gasteiger partial charge in [0.15, 0.2) is 0 Å². The molecule has 112 valence electrons. The van der Waals surface area contributed by atoms with Gasteiger partial charge in [-0.25, -0.2) is 0 Å². The highest BCUT2D eigenvalue weighted by Gasteiger charge is 2.25. The number of rotatable bonds is 2. The molecule has 3 heterocycles. The van der Waals surface area contributed by atoms with Gasteiger partial charge in [0, 0.05) is 30.9 Å². The third kappa shape index (κ3) is 2.72. The van der Waals surface area contributed by atoms with Crippen LogP contribution in [0.25, 0.3) is 0 Å². The van der Waals surface area contributed by atoms with E-state index in [1.807, 2.05) is 37.9 Å². The van der Waals surface area contributed by atoms with Crippen molar-refractivity contribution in [3.05, 3.63) is 33.5 Å². The highest BCUT2D eigenvalue weighted by Crippen LogP contribution is 2.22. The molecule has 3 rings (SSSR count). The number of carbonyl (C=O) groups is 1. The number of fused-ring (bicyclic) bond motifs is 1. The largest absolute Gasteiger partial charge is 0.338 e. The lowest BCUT2D eigenvalue weighted by atomic mass is 10.1. The topological polar surface area (TPSA) is 51.0 Å². The molecule has 0 saturated heterocycles. The molecule has 1 atom stereocenters. The van der Waals surface area contributed by atoms with E-state index in [-0.39, 0.29) is 11.9 Å². The minimum absolute atomic E-state index is 0.132. The van der Waals surface area contributed by atoms with Crippen LogP contribution in [0.5, 0.6) is 0 Å². The number of hydrogen-bond acceptors (Lipinski definition) is 4. The van der Waals surface area contributed by atoms with Crippen LogP contribution in [0.15, 0.2) is 12.1 Å². The van der Waals surface area contributed by atoms with Gasteiger partial charge in [-0.05, 0) is 38.8 Å². The quantitative estimate of drug-likeness (QED) is 0.856. The molecule has 0 aromatic carbocycles. The third-order valence-electron chi connectivity index (χ3n) is 4.22. The summed E-state index contributed by atoms with van der Waals surface area (Å²) < 4.78 is 2.17. The van der Waals surface area contributed by atoms with E-state index >= 15 is 0 Å². The fourth-order valence-electron chi connectivity index (χ4n) is 2.90. The average molecular weight is 304 g/mol. The molecule has 0 spiro atoms. The van der Waals surface area contributed by atoms with Crippen molar-refractivity contribution in [1.82, 2.24) is 19.7 Å². The van der Waals surface area contributed by atoms with Crippen LogP contribution in [0.4, 0.5) is 0 Å². The number of thiophene rings is 1. The van der Waals surface area contributed by atoms with Crippen LogP contribution in [0.1, 0.15) is 39.0 Å². The van der Waals surface area contributed by atoms with Gasteiger partial charge in [0.05, 0.1) is 4.88 Å². The van der Waals surface area contributed by atoms with E-state index in [2.05, 4.69) is 14.8 Å². The zero-order valence-electron chi connectivity index (χ0n) is 12.7. The molecule has 6 heteroatoms. The van der Waals surface area contributed by atoms with Gasteiger partial charge in [-0.2, -0.15) is 0 Å². The molecule has 5 nitrogen and oxygen atoms in total. The van der Waals surface area contributed by atoms with Crippen molar-refractivity contribution in [2.75, 3.05) is 7.05 Å². The maximum absolute atomic E-state index is 12.5. The van der Waals surface area contributed by atoms with Gasteiger partial charge in [-0.15, -0.1) is 21.5 Å². The van der Waals surface area contributed by atoms with Crippen molar-refractivity contribution in [3.8, 4) is 0 Å². The summed E-state index contributed by atoms with van der Waals surface area (Å²) in [5.41, 5.74) is 0. The first-order chi connectivity index (χ1) is 10.1. The van der Waals surface area contributed by atoms with Gasteiger partial charge in [-0.3, -0.25) is 4.79 Å². The number of nitrogens with zero attached hydrogens (tertiary/aromatic N) is 4. The van der Waals surface area contributed by atoms with E-state index in [0.717, 1.165) is 42.3 Å². The van der Waals surface area contributed by atoms with Gasteiger partial charge >= 0.3 is 0 Å². The standard InChI is InChI=1S/C15H20N4OS/c1-10-4-6-13(21-10)15(20)18(3)12-5-7-14-17-16-11(2)19(14)9-8-12/h4,6,12H,5,7-9H2,1-3H3. The fourth-order valence-corrected chi connectivity index (χ4v) is 3.75. The van der Waals surface area contributed by atoms with E-state index in [1.54, 1.807) is 11.3 Å². The van der Waals surface area contributed by atoms with Crippen molar-refractivity contribution < 1.29 is 4.79 Å². The normalized spacial score (nSPS) is 18.1. The predicted molar refractivity (Wildman–Crippen MR) is 82.6 cm³/mol. The second-order valence-corrected chi connectivity index (χ2v) is 6.91.